The average molecular weight is 279 g/mol. The lowest BCUT2D eigenvalue weighted by molar-refractivity contribution is 0.129. The third-order valence-corrected chi connectivity index (χ3v) is 3.89. The van der Waals surface area contributed by atoms with E-state index in [0.717, 1.165) is 12.1 Å². The largest absolute Gasteiger partial charge is 0.391 e. The van der Waals surface area contributed by atoms with Crippen molar-refractivity contribution in [2.45, 2.75) is 24.8 Å². The molecule has 0 aromatic heterocycles. The molecule has 0 aliphatic carbocycles. The van der Waals surface area contributed by atoms with Crippen molar-refractivity contribution in [1.82, 2.24) is 4.72 Å². The summed E-state index contributed by atoms with van der Waals surface area (Å²) in [6, 6.07) is 2.19. The highest BCUT2D eigenvalue weighted by molar-refractivity contribution is 7.89. The maximum Gasteiger partial charge on any atom is 0.243 e. The molecule has 0 bridgehead atoms. The molecule has 0 radical (unpaired) electrons. The molecule has 102 valence electrons. The third kappa shape index (κ3) is 3.72. The van der Waals surface area contributed by atoms with Gasteiger partial charge < -0.3 is 5.11 Å². The highest BCUT2D eigenvalue weighted by Gasteiger charge is 2.21. The van der Waals surface area contributed by atoms with Crippen LogP contribution in [-0.2, 0) is 10.0 Å². The van der Waals surface area contributed by atoms with Crippen LogP contribution < -0.4 is 4.72 Å². The van der Waals surface area contributed by atoms with Crippen LogP contribution >= 0.6 is 0 Å². The van der Waals surface area contributed by atoms with Gasteiger partial charge in [0.2, 0.25) is 10.0 Å². The van der Waals surface area contributed by atoms with Crippen molar-refractivity contribution in [3.05, 3.63) is 29.8 Å². The molecule has 0 aliphatic heterocycles. The lowest BCUT2D eigenvalue weighted by Gasteiger charge is -2.15. The molecular weight excluding hydrogens is 264 g/mol. The quantitative estimate of drug-likeness (QED) is 0.852. The zero-order chi connectivity index (χ0) is 13.9. The Labute approximate surface area is 105 Å². The predicted molar refractivity (Wildman–Crippen MR) is 62.4 cm³/mol. The first-order valence-electron chi connectivity index (χ1n) is 5.37. The summed E-state index contributed by atoms with van der Waals surface area (Å²) in [6.07, 6.45) is -0.872. The first-order valence-corrected chi connectivity index (χ1v) is 6.85. The summed E-state index contributed by atoms with van der Waals surface area (Å²) in [6.45, 7) is 3.21. The number of hydrogen-bond donors (Lipinski definition) is 2. The molecule has 1 atom stereocenters. The van der Waals surface area contributed by atoms with Crippen LogP contribution in [0.1, 0.15) is 13.8 Å². The molecule has 1 aromatic carbocycles. The molecule has 1 aromatic rings. The number of sulfonamides is 1. The van der Waals surface area contributed by atoms with Crippen molar-refractivity contribution in [2.24, 2.45) is 5.92 Å². The van der Waals surface area contributed by atoms with Gasteiger partial charge in [0.1, 0.15) is 16.5 Å². The van der Waals surface area contributed by atoms with E-state index in [4.69, 9.17) is 0 Å². The first kappa shape index (κ1) is 15.0. The number of rotatable bonds is 5. The molecule has 0 fully saturated rings. The molecule has 0 saturated carbocycles. The normalized spacial score (nSPS) is 13.9. The van der Waals surface area contributed by atoms with Gasteiger partial charge >= 0.3 is 0 Å². The van der Waals surface area contributed by atoms with Crippen LogP contribution in [0.25, 0.3) is 0 Å². The van der Waals surface area contributed by atoms with Crippen LogP contribution in [0.3, 0.4) is 0 Å². The van der Waals surface area contributed by atoms with Crippen molar-refractivity contribution >= 4 is 10.0 Å². The first-order chi connectivity index (χ1) is 8.24. The molecule has 7 heteroatoms. The van der Waals surface area contributed by atoms with Gasteiger partial charge in [0.15, 0.2) is 0 Å². The van der Waals surface area contributed by atoms with E-state index in [-0.39, 0.29) is 12.5 Å². The van der Waals surface area contributed by atoms with Gasteiger partial charge in [-0.2, -0.15) is 0 Å². The second-order valence-electron chi connectivity index (χ2n) is 4.24. The summed E-state index contributed by atoms with van der Waals surface area (Å²) in [7, 11) is -4.09. The van der Waals surface area contributed by atoms with E-state index in [0.29, 0.717) is 6.07 Å². The molecule has 4 nitrogen and oxygen atoms in total. The number of hydrogen-bond acceptors (Lipinski definition) is 3. The summed E-state index contributed by atoms with van der Waals surface area (Å²) < 4.78 is 51.5. The fourth-order valence-corrected chi connectivity index (χ4v) is 2.31. The Hall–Kier alpha value is -1.05. The number of aliphatic hydroxyl groups excluding tert-OH is 1. The van der Waals surface area contributed by atoms with Gasteiger partial charge in [-0.3, -0.25) is 0 Å². The van der Waals surface area contributed by atoms with Gasteiger partial charge in [-0.25, -0.2) is 21.9 Å². The third-order valence-electron chi connectivity index (χ3n) is 2.44. The van der Waals surface area contributed by atoms with E-state index in [2.05, 4.69) is 4.72 Å². The zero-order valence-electron chi connectivity index (χ0n) is 10.0. The minimum atomic E-state index is -4.09. The highest BCUT2D eigenvalue weighted by atomic mass is 32.2. The highest BCUT2D eigenvalue weighted by Crippen LogP contribution is 2.15. The molecule has 1 unspecified atom stereocenters. The number of aliphatic hydroxyl groups is 1. The molecule has 18 heavy (non-hydrogen) atoms. The lowest BCUT2D eigenvalue weighted by atomic mass is 10.1. The summed E-state index contributed by atoms with van der Waals surface area (Å²) >= 11 is 0. The Morgan fingerprint density at radius 2 is 1.94 bits per heavy atom. The van der Waals surface area contributed by atoms with Crippen molar-refractivity contribution in [2.75, 3.05) is 6.54 Å². The number of nitrogens with one attached hydrogen (secondary N) is 1. The van der Waals surface area contributed by atoms with E-state index in [1.165, 1.54) is 0 Å². The van der Waals surface area contributed by atoms with E-state index < -0.39 is 32.7 Å². The van der Waals surface area contributed by atoms with E-state index >= 15 is 0 Å². The maximum atomic E-state index is 13.3. The van der Waals surface area contributed by atoms with Crippen molar-refractivity contribution in [1.29, 1.82) is 0 Å². The smallest absolute Gasteiger partial charge is 0.243 e. The minimum Gasteiger partial charge on any atom is -0.391 e. The van der Waals surface area contributed by atoms with Crippen molar-refractivity contribution in [3.8, 4) is 0 Å². The second-order valence-corrected chi connectivity index (χ2v) is 5.97. The van der Waals surface area contributed by atoms with E-state index in [1.807, 2.05) is 0 Å². The maximum absolute atomic E-state index is 13.3. The zero-order valence-corrected chi connectivity index (χ0v) is 10.8. The van der Waals surface area contributed by atoms with Crippen molar-refractivity contribution in [3.63, 3.8) is 0 Å². The van der Waals surface area contributed by atoms with E-state index in [9.17, 15) is 22.3 Å². The Morgan fingerprint density at radius 1 is 1.33 bits per heavy atom. The van der Waals surface area contributed by atoms with Gasteiger partial charge in [-0.15, -0.1) is 0 Å². The molecule has 1 rings (SSSR count). The standard InChI is InChI=1S/C11H15F2NO3S/c1-7(2)10(15)6-14-18(16,17)11-4-3-8(12)5-9(11)13/h3-5,7,10,14-15H,6H2,1-2H3. The summed E-state index contributed by atoms with van der Waals surface area (Å²) in [4.78, 5) is -0.639. The molecule has 0 saturated heterocycles. The SMILES string of the molecule is CC(C)C(O)CNS(=O)(=O)c1ccc(F)cc1F. The number of benzene rings is 1. The van der Waals surface area contributed by atoms with Gasteiger partial charge in [-0.1, -0.05) is 13.8 Å². The minimum absolute atomic E-state index is 0.134. The lowest BCUT2D eigenvalue weighted by Crippen LogP contribution is -2.35. The Bertz CT molecular complexity index is 517. The Balaban J connectivity index is 2.87. The van der Waals surface area contributed by atoms with Gasteiger partial charge in [0.25, 0.3) is 0 Å². The van der Waals surface area contributed by atoms with E-state index in [1.54, 1.807) is 13.8 Å². The van der Waals surface area contributed by atoms with Gasteiger partial charge in [0, 0.05) is 12.6 Å². The molecule has 0 amide bonds. The monoisotopic (exact) mass is 279 g/mol. The van der Waals surface area contributed by atoms with Crippen LogP contribution in [0.5, 0.6) is 0 Å². The van der Waals surface area contributed by atoms with Crippen molar-refractivity contribution < 1.29 is 22.3 Å². The molecular formula is C11H15F2NO3S. The topological polar surface area (TPSA) is 66.4 Å². The van der Waals surface area contributed by atoms with Crippen LogP contribution in [0.4, 0.5) is 8.78 Å². The molecule has 0 aliphatic rings. The summed E-state index contributed by atoms with van der Waals surface area (Å²) in [5.74, 6) is -2.15. The summed E-state index contributed by atoms with van der Waals surface area (Å²) in [5.41, 5.74) is 0. The predicted octanol–water partition coefficient (Wildman–Crippen LogP) is 1.26. The fourth-order valence-electron chi connectivity index (χ4n) is 1.20. The van der Waals surface area contributed by atoms with Crippen LogP contribution in [0.15, 0.2) is 23.1 Å². The van der Waals surface area contributed by atoms with Crippen LogP contribution in [0, 0.1) is 17.6 Å². The average Bonchev–Trinajstić information content (AvgIpc) is 2.25. The second kappa shape index (κ2) is 5.73. The molecule has 0 spiro atoms. The van der Waals surface area contributed by atoms with Gasteiger partial charge in [-0.05, 0) is 18.1 Å². The van der Waals surface area contributed by atoms with Crippen LogP contribution in [0.2, 0.25) is 0 Å². The fraction of sp³-hybridized carbons (Fsp3) is 0.455. The number of halogens is 2. The Morgan fingerprint density at radius 3 is 2.44 bits per heavy atom. The Kier molecular flexibility index (Phi) is 4.78. The molecule has 2 N–H and O–H groups in total. The molecule has 0 heterocycles. The van der Waals surface area contributed by atoms with Crippen LogP contribution in [-0.4, -0.2) is 26.2 Å². The van der Waals surface area contributed by atoms with Gasteiger partial charge in [0.05, 0.1) is 6.10 Å². The summed E-state index contributed by atoms with van der Waals surface area (Å²) in [5, 5.41) is 9.47.